The Balaban J connectivity index is 1.93. The van der Waals surface area contributed by atoms with Crippen molar-refractivity contribution in [2.75, 3.05) is 11.9 Å². The highest BCUT2D eigenvalue weighted by Gasteiger charge is 2.18. The molecule has 0 aliphatic heterocycles. The summed E-state index contributed by atoms with van der Waals surface area (Å²) in [6.07, 6.45) is -0.290. The predicted octanol–water partition coefficient (Wildman–Crippen LogP) is -0.809. The number of primary sulfonamides is 1. The number of rotatable bonds is 8. The van der Waals surface area contributed by atoms with Crippen molar-refractivity contribution in [2.45, 2.75) is 15.7 Å². The van der Waals surface area contributed by atoms with Crippen LogP contribution in [0.1, 0.15) is 16.8 Å². The van der Waals surface area contributed by atoms with Crippen LogP contribution in [0.4, 0.5) is 5.13 Å². The monoisotopic (exact) mass is 435 g/mol. The van der Waals surface area contributed by atoms with Gasteiger partial charge in [-0.05, 0) is 18.2 Å². The van der Waals surface area contributed by atoms with Gasteiger partial charge in [-0.2, -0.15) is 0 Å². The molecular formula is C12H13N5O7S3. The Morgan fingerprint density at radius 3 is 2.48 bits per heavy atom. The third kappa shape index (κ3) is 5.76. The van der Waals surface area contributed by atoms with Gasteiger partial charge in [0.1, 0.15) is 0 Å². The number of amides is 1. The second kappa shape index (κ2) is 8.05. The molecule has 0 aliphatic rings. The first-order valence-electron chi connectivity index (χ1n) is 6.98. The van der Waals surface area contributed by atoms with E-state index in [2.05, 4.69) is 20.2 Å². The van der Waals surface area contributed by atoms with Crippen LogP contribution in [0.25, 0.3) is 0 Å². The predicted molar refractivity (Wildman–Crippen MR) is 93.1 cm³/mol. The molecule has 0 atom stereocenters. The lowest BCUT2D eigenvalue weighted by Gasteiger charge is -2.07. The van der Waals surface area contributed by atoms with Crippen molar-refractivity contribution in [1.29, 1.82) is 0 Å². The van der Waals surface area contributed by atoms with Gasteiger partial charge in [0, 0.05) is 13.0 Å². The summed E-state index contributed by atoms with van der Waals surface area (Å²) in [5, 5.41) is 22.6. The van der Waals surface area contributed by atoms with Crippen LogP contribution < -0.4 is 15.2 Å². The van der Waals surface area contributed by atoms with Gasteiger partial charge in [0.05, 0.1) is 10.5 Å². The first kappa shape index (κ1) is 20.8. The van der Waals surface area contributed by atoms with E-state index in [1.165, 1.54) is 18.2 Å². The Morgan fingerprint density at radius 2 is 1.89 bits per heavy atom. The Hall–Kier alpha value is -2.46. The number of nitrogens with zero attached hydrogens (tertiary/aromatic N) is 2. The molecule has 0 unspecified atom stereocenters. The number of hydrogen-bond donors (Lipinski definition) is 4. The topological polar surface area (TPSA) is 199 Å². The second-order valence-corrected chi connectivity index (χ2v) is 9.43. The molecule has 0 fully saturated rings. The average molecular weight is 435 g/mol. The maximum atomic E-state index is 12.1. The zero-order valence-corrected chi connectivity index (χ0v) is 15.8. The Labute approximate surface area is 157 Å². The molecule has 0 saturated heterocycles. The molecule has 0 spiro atoms. The zero-order valence-electron chi connectivity index (χ0n) is 13.3. The zero-order chi connectivity index (χ0) is 20.2. The molecule has 0 bridgehead atoms. The number of nitrogens with one attached hydrogen (secondary N) is 2. The molecule has 1 aromatic carbocycles. The molecule has 1 aromatic heterocycles. The number of carbonyl (C=O) groups excluding carboxylic acids is 1. The average Bonchev–Trinajstić information content (AvgIpc) is 3.03. The number of carboxylic acids is 1. The van der Waals surface area contributed by atoms with Crippen LogP contribution in [0, 0.1) is 0 Å². The first-order chi connectivity index (χ1) is 12.5. The normalized spacial score (nSPS) is 11.9. The van der Waals surface area contributed by atoms with Crippen molar-refractivity contribution in [1.82, 2.24) is 14.9 Å². The number of carbonyl (C=O) groups is 2. The van der Waals surface area contributed by atoms with Crippen molar-refractivity contribution < 1.29 is 31.5 Å². The van der Waals surface area contributed by atoms with Crippen LogP contribution in [0.5, 0.6) is 0 Å². The summed E-state index contributed by atoms with van der Waals surface area (Å²) in [6, 6.07) is 4.72. The van der Waals surface area contributed by atoms with Crippen LogP contribution in [-0.4, -0.2) is 50.6 Å². The minimum atomic E-state index is -4.03. The lowest BCUT2D eigenvalue weighted by atomic mass is 10.2. The quantitative estimate of drug-likeness (QED) is 0.383. The fourth-order valence-electron chi connectivity index (χ4n) is 1.74. The number of aromatic carboxylic acids is 1. The number of anilines is 1. The van der Waals surface area contributed by atoms with Gasteiger partial charge in [-0.25, -0.2) is 31.5 Å². The van der Waals surface area contributed by atoms with Crippen molar-refractivity contribution in [2.24, 2.45) is 5.14 Å². The summed E-state index contributed by atoms with van der Waals surface area (Å²) in [6.45, 7) is -0.285. The van der Waals surface area contributed by atoms with E-state index in [1.54, 1.807) is 0 Å². The molecular weight excluding hydrogens is 422 g/mol. The number of hydrogen-bond acceptors (Lipinski definition) is 9. The molecule has 1 amide bonds. The van der Waals surface area contributed by atoms with Gasteiger partial charge in [0.2, 0.25) is 25.4 Å². The van der Waals surface area contributed by atoms with Crippen LogP contribution in [0.3, 0.4) is 0 Å². The van der Waals surface area contributed by atoms with E-state index in [-0.39, 0.29) is 28.6 Å². The lowest BCUT2D eigenvalue weighted by Crippen LogP contribution is -2.28. The minimum Gasteiger partial charge on any atom is -0.478 e. The Morgan fingerprint density at radius 1 is 1.19 bits per heavy atom. The molecule has 0 saturated carbocycles. The summed E-state index contributed by atoms with van der Waals surface area (Å²) in [4.78, 5) is 22.4. The molecule has 15 heteroatoms. The highest BCUT2D eigenvalue weighted by molar-refractivity contribution is 7.91. The van der Waals surface area contributed by atoms with E-state index >= 15 is 0 Å². The van der Waals surface area contributed by atoms with E-state index in [9.17, 15) is 26.4 Å². The molecule has 0 aliphatic carbocycles. The minimum absolute atomic E-state index is 0.110. The summed E-state index contributed by atoms with van der Waals surface area (Å²) in [5.41, 5.74) is -0.197. The van der Waals surface area contributed by atoms with E-state index in [1.807, 2.05) is 0 Å². The SMILES string of the molecule is NS(=O)(=O)c1nnc(NC(=O)CCNS(=O)(=O)c2cccc(C(=O)O)c2)s1. The number of benzene rings is 1. The molecule has 12 nitrogen and oxygen atoms in total. The van der Waals surface area contributed by atoms with Crippen LogP contribution >= 0.6 is 11.3 Å². The van der Waals surface area contributed by atoms with Crippen LogP contribution in [0.2, 0.25) is 0 Å². The van der Waals surface area contributed by atoms with Gasteiger partial charge in [0.25, 0.3) is 10.0 Å². The van der Waals surface area contributed by atoms with E-state index in [0.717, 1.165) is 6.07 Å². The number of sulfonamides is 2. The number of nitrogens with two attached hydrogens (primary N) is 1. The van der Waals surface area contributed by atoms with Gasteiger partial charge >= 0.3 is 5.97 Å². The summed E-state index contributed by atoms with van der Waals surface area (Å²) < 4.78 is 48.1. The van der Waals surface area contributed by atoms with E-state index in [4.69, 9.17) is 10.2 Å². The summed E-state index contributed by atoms with van der Waals surface area (Å²) >= 11 is 0.547. The number of aromatic nitrogens is 2. The highest BCUT2D eigenvalue weighted by atomic mass is 32.2. The molecule has 2 aromatic rings. The molecule has 0 radical (unpaired) electrons. The molecule has 5 N–H and O–H groups in total. The largest absolute Gasteiger partial charge is 0.478 e. The first-order valence-corrected chi connectivity index (χ1v) is 10.8. The van der Waals surface area contributed by atoms with Gasteiger partial charge in [-0.1, -0.05) is 17.4 Å². The second-order valence-electron chi connectivity index (χ2n) is 4.95. The lowest BCUT2D eigenvalue weighted by molar-refractivity contribution is -0.116. The van der Waals surface area contributed by atoms with E-state index < -0.39 is 36.3 Å². The molecule has 146 valence electrons. The molecule has 27 heavy (non-hydrogen) atoms. The fraction of sp³-hybridized carbons (Fsp3) is 0.167. The Kier molecular flexibility index (Phi) is 6.22. The van der Waals surface area contributed by atoms with Gasteiger partial charge < -0.3 is 10.4 Å². The molecule has 1 heterocycles. The standard InChI is InChI=1S/C12H13N5O7S3/c13-26(21,22)12-17-16-11(25-12)15-9(18)4-5-14-27(23,24)8-3-1-2-7(6-8)10(19)20/h1-3,6,14H,4-5H2,(H,19,20)(H2,13,21,22)(H,15,16,18). The molecule has 2 rings (SSSR count). The van der Waals surface area contributed by atoms with Crippen molar-refractivity contribution in [3.05, 3.63) is 29.8 Å². The van der Waals surface area contributed by atoms with Crippen LogP contribution in [0.15, 0.2) is 33.5 Å². The Bertz CT molecular complexity index is 1080. The maximum Gasteiger partial charge on any atom is 0.335 e. The van der Waals surface area contributed by atoms with Gasteiger partial charge in [0.15, 0.2) is 0 Å². The third-order valence-corrected chi connectivity index (χ3v) is 6.54. The number of carboxylic acid groups (broad SMARTS) is 1. The van der Waals surface area contributed by atoms with E-state index in [0.29, 0.717) is 11.3 Å². The van der Waals surface area contributed by atoms with Crippen molar-refractivity contribution in [3.63, 3.8) is 0 Å². The maximum absolute atomic E-state index is 12.1. The summed E-state index contributed by atoms with van der Waals surface area (Å²) in [5.74, 6) is -1.92. The van der Waals surface area contributed by atoms with Gasteiger partial charge in [-0.3, -0.25) is 4.79 Å². The third-order valence-electron chi connectivity index (χ3n) is 2.93. The smallest absolute Gasteiger partial charge is 0.335 e. The summed E-state index contributed by atoms with van der Waals surface area (Å²) in [7, 11) is -8.05. The highest BCUT2D eigenvalue weighted by Crippen LogP contribution is 2.18. The fourth-order valence-corrected chi connectivity index (χ4v) is 4.16. The van der Waals surface area contributed by atoms with Crippen molar-refractivity contribution in [3.8, 4) is 0 Å². The van der Waals surface area contributed by atoms with Crippen LogP contribution in [-0.2, 0) is 24.8 Å². The van der Waals surface area contributed by atoms with Gasteiger partial charge in [-0.15, -0.1) is 10.2 Å². The van der Waals surface area contributed by atoms with Crippen molar-refractivity contribution >= 4 is 48.4 Å².